The van der Waals surface area contributed by atoms with Gasteiger partial charge in [0.15, 0.2) is 11.9 Å². The minimum atomic E-state index is -1.32. The maximum atomic E-state index is 12.4. The number of aliphatic hydroxyl groups is 3. The number of unbranched alkanes of at least 4 members (excludes halogenated alkanes) is 3. The van der Waals surface area contributed by atoms with Crippen molar-refractivity contribution in [2.75, 3.05) is 12.3 Å². The number of terminal acetylenes is 1. The van der Waals surface area contributed by atoms with E-state index >= 15 is 0 Å². The Kier molecular flexibility index (Phi) is 6.02. The van der Waals surface area contributed by atoms with Crippen molar-refractivity contribution in [2.45, 2.75) is 50.2 Å². The molecule has 6 N–H and O–H groups in total. The fourth-order valence-electron chi connectivity index (χ4n) is 3.17. The molecule has 3 heterocycles. The average Bonchev–Trinajstić information content (AvgIpc) is 3.16. The van der Waals surface area contributed by atoms with Gasteiger partial charge in [-0.1, -0.05) is 11.8 Å². The van der Waals surface area contributed by atoms with Gasteiger partial charge in [0.25, 0.3) is 5.56 Å². The molecule has 1 fully saturated rings. The monoisotopic (exact) mass is 386 g/mol. The molecule has 0 unspecified atom stereocenters. The number of aromatic nitrogens is 3. The lowest BCUT2D eigenvalue weighted by Gasteiger charge is -2.17. The molecule has 0 aliphatic carbocycles. The summed E-state index contributed by atoms with van der Waals surface area (Å²) in [7, 11) is 0. The lowest BCUT2D eigenvalue weighted by molar-refractivity contribution is -0.0508. The first-order valence-electron chi connectivity index (χ1n) is 8.93. The standard InChI is InChI=1S/C19H22N4O5/c1-2-3-4-5-6-7-8-11-9-23(16-13(11)17(27)22-19(20)21-16)18-15(26)14(25)12(10-24)28-18/h1,9,12,14-15,18,24-26H,3-6,10H2,(H3,20,21,22,27)/t12-,14-,15-,18-/m1/s1. The molecule has 0 saturated carbocycles. The number of hydrogen-bond acceptors (Lipinski definition) is 7. The van der Waals surface area contributed by atoms with Gasteiger partial charge in [0, 0.05) is 19.0 Å². The lowest BCUT2D eigenvalue weighted by Crippen LogP contribution is -2.33. The molecule has 148 valence electrons. The maximum Gasteiger partial charge on any atom is 0.263 e. The van der Waals surface area contributed by atoms with E-state index in [4.69, 9.17) is 16.9 Å². The molecule has 0 amide bonds. The molecule has 1 aliphatic heterocycles. The van der Waals surface area contributed by atoms with Crippen LogP contribution in [0.1, 0.15) is 37.5 Å². The van der Waals surface area contributed by atoms with E-state index < -0.39 is 36.7 Å². The molecule has 0 bridgehead atoms. The van der Waals surface area contributed by atoms with Crippen LogP contribution >= 0.6 is 0 Å². The summed E-state index contributed by atoms with van der Waals surface area (Å²) >= 11 is 0. The van der Waals surface area contributed by atoms with Crippen LogP contribution in [0, 0.1) is 24.2 Å². The van der Waals surface area contributed by atoms with Crippen LogP contribution in [0.25, 0.3) is 11.0 Å². The molecule has 2 aromatic heterocycles. The first kappa shape index (κ1) is 19.9. The fraction of sp³-hybridized carbons (Fsp3) is 0.474. The molecule has 0 radical (unpaired) electrons. The van der Waals surface area contributed by atoms with E-state index in [0.29, 0.717) is 18.4 Å². The van der Waals surface area contributed by atoms with Crippen LogP contribution in [0.3, 0.4) is 0 Å². The number of H-pyrrole nitrogens is 1. The van der Waals surface area contributed by atoms with Crippen molar-refractivity contribution in [3.63, 3.8) is 0 Å². The van der Waals surface area contributed by atoms with Gasteiger partial charge in [0.1, 0.15) is 18.3 Å². The molecular formula is C19H22N4O5. The van der Waals surface area contributed by atoms with Crippen LogP contribution in [0.15, 0.2) is 11.0 Å². The number of anilines is 1. The Morgan fingerprint density at radius 1 is 1.32 bits per heavy atom. The topological polar surface area (TPSA) is 147 Å². The van der Waals surface area contributed by atoms with Gasteiger partial charge in [-0.15, -0.1) is 12.3 Å². The number of nitrogen functional groups attached to an aromatic ring is 1. The second kappa shape index (κ2) is 8.46. The van der Waals surface area contributed by atoms with E-state index in [1.165, 1.54) is 10.8 Å². The Balaban J connectivity index is 1.99. The van der Waals surface area contributed by atoms with Crippen LogP contribution < -0.4 is 11.3 Å². The zero-order valence-electron chi connectivity index (χ0n) is 15.1. The van der Waals surface area contributed by atoms with E-state index in [1.807, 2.05) is 0 Å². The Bertz CT molecular complexity index is 1010. The number of ether oxygens (including phenoxy) is 1. The van der Waals surface area contributed by atoms with E-state index in [0.717, 1.165) is 12.8 Å². The Morgan fingerprint density at radius 2 is 2.07 bits per heavy atom. The summed E-state index contributed by atoms with van der Waals surface area (Å²) in [6.07, 6.45) is 5.16. The van der Waals surface area contributed by atoms with Gasteiger partial charge in [0.05, 0.1) is 17.6 Å². The Labute approximate surface area is 161 Å². The van der Waals surface area contributed by atoms with Crippen molar-refractivity contribution >= 4 is 17.0 Å². The Hall–Kier alpha value is -2.82. The van der Waals surface area contributed by atoms with E-state index in [1.54, 1.807) is 0 Å². The Morgan fingerprint density at radius 3 is 2.75 bits per heavy atom. The number of nitrogens with two attached hydrogens (primary N) is 1. The summed E-state index contributed by atoms with van der Waals surface area (Å²) in [6, 6.07) is 0. The third kappa shape index (κ3) is 3.75. The molecule has 0 spiro atoms. The number of aliphatic hydroxyl groups excluding tert-OH is 3. The number of aromatic amines is 1. The minimum Gasteiger partial charge on any atom is -0.394 e. The van der Waals surface area contributed by atoms with Crippen molar-refractivity contribution < 1.29 is 20.1 Å². The molecular weight excluding hydrogens is 364 g/mol. The first-order valence-corrected chi connectivity index (χ1v) is 8.93. The second-order valence-electron chi connectivity index (χ2n) is 6.54. The van der Waals surface area contributed by atoms with Crippen molar-refractivity contribution in [3.8, 4) is 24.2 Å². The van der Waals surface area contributed by atoms with Crippen molar-refractivity contribution in [3.05, 3.63) is 22.1 Å². The third-order valence-corrected chi connectivity index (χ3v) is 4.59. The van der Waals surface area contributed by atoms with Crippen LogP contribution in [-0.2, 0) is 4.74 Å². The fourth-order valence-corrected chi connectivity index (χ4v) is 3.17. The maximum absolute atomic E-state index is 12.4. The normalized spacial score (nSPS) is 24.1. The molecule has 4 atom stereocenters. The summed E-state index contributed by atoms with van der Waals surface area (Å²) in [5.74, 6) is 8.42. The largest absolute Gasteiger partial charge is 0.394 e. The molecule has 28 heavy (non-hydrogen) atoms. The highest BCUT2D eigenvalue weighted by Gasteiger charge is 2.44. The van der Waals surface area contributed by atoms with E-state index in [-0.39, 0.29) is 17.0 Å². The van der Waals surface area contributed by atoms with E-state index in [9.17, 15) is 20.1 Å². The predicted octanol–water partition coefficient (Wildman–Crippen LogP) is -0.537. The summed E-state index contributed by atoms with van der Waals surface area (Å²) in [5, 5.41) is 29.8. The first-order chi connectivity index (χ1) is 13.5. The number of hydrogen-bond donors (Lipinski definition) is 5. The SMILES string of the molecule is C#CCCCCC#Cc1cn([C@@H]2O[C@H](CO)[C@@H](O)[C@H]2O)c2nc(N)[nH]c(=O)c12. The zero-order chi connectivity index (χ0) is 20.3. The van der Waals surface area contributed by atoms with E-state index in [2.05, 4.69) is 27.7 Å². The van der Waals surface area contributed by atoms with Crippen LogP contribution in [0.4, 0.5) is 5.95 Å². The number of fused-ring (bicyclic) bond motifs is 1. The van der Waals surface area contributed by atoms with Crippen LogP contribution in [-0.4, -0.2) is 54.8 Å². The summed E-state index contributed by atoms with van der Waals surface area (Å²) in [4.78, 5) is 19.0. The smallest absolute Gasteiger partial charge is 0.263 e. The average molecular weight is 386 g/mol. The number of nitrogens with one attached hydrogen (secondary N) is 1. The molecule has 9 nitrogen and oxygen atoms in total. The second-order valence-corrected chi connectivity index (χ2v) is 6.54. The highest BCUT2D eigenvalue weighted by atomic mass is 16.6. The zero-order valence-corrected chi connectivity index (χ0v) is 15.1. The van der Waals surface area contributed by atoms with Crippen LogP contribution in [0.2, 0.25) is 0 Å². The molecule has 1 aliphatic rings. The molecule has 1 saturated heterocycles. The summed E-state index contributed by atoms with van der Waals surface area (Å²) < 4.78 is 6.95. The van der Waals surface area contributed by atoms with Gasteiger partial charge in [0.2, 0.25) is 5.95 Å². The van der Waals surface area contributed by atoms with Gasteiger partial charge in [-0.25, -0.2) is 0 Å². The van der Waals surface area contributed by atoms with Crippen molar-refractivity contribution in [2.24, 2.45) is 0 Å². The van der Waals surface area contributed by atoms with Gasteiger partial charge in [-0.3, -0.25) is 9.78 Å². The number of rotatable bonds is 5. The summed E-state index contributed by atoms with van der Waals surface area (Å²) in [6.45, 7) is -0.464. The lowest BCUT2D eigenvalue weighted by atomic mass is 10.1. The van der Waals surface area contributed by atoms with Gasteiger partial charge < -0.3 is 30.4 Å². The summed E-state index contributed by atoms with van der Waals surface area (Å²) in [5.41, 5.74) is 5.77. The highest BCUT2D eigenvalue weighted by Crippen LogP contribution is 2.32. The highest BCUT2D eigenvalue weighted by molar-refractivity contribution is 5.83. The minimum absolute atomic E-state index is 0.0996. The molecule has 2 aromatic rings. The van der Waals surface area contributed by atoms with Gasteiger partial charge >= 0.3 is 0 Å². The molecule has 0 aromatic carbocycles. The molecule has 3 rings (SSSR count). The van der Waals surface area contributed by atoms with Crippen molar-refractivity contribution in [1.82, 2.24) is 14.5 Å². The molecule has 9 heteroatoms. The van der Waals surface area contributed by atoms with Gasteiger partial charge in [-0.05, 0) is 12.8 Å². The van der Waals surface area contributed by atoms with Crippen LogP contribution in [0.5, 0.6) is 0 Å². The predicted molar refractivity (Wildman–Crippen MR) is 102 cm³/mol. The van der Waals surface area contributed by atoms with Crippen molar-refractivity contribution in [1.29, 1.82) is 0 Å². The van der Waals surface area contributed by atoms with Gasteiger partial charge in [-0.2, -0.15) is 4.98 Å². The number of nitrogens with zero attached hydrogens (tertiary/aromatic N) is 2. The quantitative estimate of drug-likeness (QED) is 0.343. The third-order valence-electron chi connectivity index (χ3n) is 4.59.